The standard InChI is InChI=1S/C6H12F3NO2/c7-6(8,9)4-12-3-5(10)1-2-11/h5,11H,1-4,10H2. The Morgan fingerprint density at radius 2 is 2.00 bits per heavy atom. The van der Waals surface area contributed by atoms with Crippen LogP contribution in [0.2, 0.25) is 0 Å². The molecule has 0 aromatic heterocycles. The second-order valence-electron chi connectivity index (χ2n) is 2.40. The quantitative estimate of drug-likeness (QED) is 0.649. The van der Waals surface area contributed by atoms with Crippen molar-refractivity contribution in [1.82, 2.24) is 0 Å². The summed E-state index contributed by atoms with van der Waals surface area (Å²) in [4.78, 5) is 0. The average molecular weight is 187 g/mol. The van der Waals surface area contributed by atoms with Gasteiger partial charge in [0.15, 0.2) is 0 Å². The first-order valence-electron chi connectivity index (χ1n) is 3.46. The summed E-state index contributed by atoms with van der Waals surface area (Å²) in [6.45, 7) is -1.61. The van der Waals surface area contributed by atoms with Crippen molar-refractivity contribution in [3.8, 4) is 0 Å². The van der Waals surface area contributed by atoms with E-state index in [1.165, 1.54) is 0 Å². The van der Waals surface area contributed by atoms with Gasteiger partial charge in [0, 0.05) is 12.6 Å². The van der Waals surface area contributed by atoms with Crippen LogP contribution in [0.5, 0.6) is 0 Å². The molecule has 12 heavy (non-hydrogen) atoms. The Kier molecular flexibility index (Phi) is 5.19. The maximum Gasteiger partial charge on any atom is 0.411 e. The number of aliphatic hydroxyl groups is 1. The molecule has 3 nitrogen and oxygen atoms in total. The largest absolute Gasteiger partial charge is 0.411 e. The second-order valence-corrected chi connectivity index (χ2v) is 2.40. The highest BCUT2D eigenvalue weighted by molar-refractivity contribution is 4.59. The van der Waals surface area contributed by atoms with E-state index in [2.05, 4.69) is 4.74 Å². The SMILES string of the molecule is NC(CCO)COCC(F)(F)F. The van der Waals surface area contributed by atoms with Crippen molar-refractivity contribution in [3.63, 3.8) is 0 Å². The van der Waals surface area contributed by atoms with E-state index in [4.69, 9.17) is 10.8 Å². The van der Waals surface area contributed by atoms with Crippen molar-refractivity contribution in [1.29, 1.82) is 0 Å². The first-order valence-corrected chi connectivity index (χ1v) is 3.46. The molecule has 0 aliphatic carbocycles. The van der Waals surface area contributed by atoms with Crippen molar-refractivity contribution >= 4 is 0 Å². The summed E-state index contributed by atoms with van der Waals surface area (Å²) in [5.41, 5.74) is 5.26. The summed E-state index contributed by atoms with van der Waals surface area (Å²) < 4.78 is 38.7. The van der Waals surface area contributed by atoms with E-state index >= 15 is 0 Å². The van der Waals surface area contributed by atoms with Gasteiger partial charge in [0.25, 0.3) is 0 Å². The number of ether oxygens (including phenoxy) is 1. The molecule has 1 unspecified atom stereocenters. The summed E-state index contributed by atoms with van der Waals surface area (Å²) in [6.07, 6.45) is -4.06. The van der Waals surface area contributed by atoms with Crippen LogP contribution in [0.4, 0.5) is 13.2 Å². The van der Waals surface area contributed by atoms with Crippen molar-refractivity contribution in [2.75, 3.05) is 19.8 Å². The van der Waals surface area contributed by atoms with Gasteiger partial charge in [0.2, 0.25) is 0 Å². The molecule has 0 aromatic carbocycles. The molecule has 0 bridgehead atoms. The van der Waals surface area contributed by atoms with E-state index in [9.17, 15) is 13.2 Å². The minimum atomic E-state index is -4.31. The summed E-state index contributed by atoms with van der Waals surface area (Å²) in [6, 6.07) is -0.530. The smallest absolute Gasteiger partial charge is 0.396 e. The molecule has 0 aliphatic rings. The molecule has 0 rings (SSSR count). The molecule has 0 aromatic rings. The maximum absolute atomic E-state index is 11.5. The minimum absolute atomic E-state index is 0.142. The highest BCUT2D eigenvalue weighted by atomic mass is 19.4. The van der Waals surface area contributed by atoms with Crippen LogP contribution in [0, 0.1) is 0 Å². The van der Waals surface area contributed by atoms with Crippen LogP contribution in [0.25, 0.3) is 0 Å². The molecular formula is C6H12F3NO2. The van der Waals surface area contributed by atoms with Crippen LogP contribution in [-0.2, 0) is 4.74 Å². The Morgan fingerprint density at radius 3 is 2.42 bits per heavy atom. The molecule has 74 valence electrons. The van der Waals surface area contributed by atoms with E-state index < -0.39 is 18.8 Å². The van der Waals surface area contributed by atoms with Gasteiger partial charge < -0.3 is 15.6 Å². The molecule has 0 saturated carbocycles. The molecule has 0 saturated heterocycles. The fourth-order valence-corrected chi connectivity index (χ4v) is 0.575. The normalized spacial score (nSPS) is 14.8. The van der Waals surface area contributed by atoms with E-state index in [-0.39, 0.29) is 19.6 Å². The van der Waals surface area contributed by atoms with Crippen molar-refractivity contribution < 1.29 is 23.0 Å². The number of alkyl halides is 3. The molecule has 0 amide bonds. The number of rotatable bonds is 5. The van der Waals surface area contributed by atoms with E-state index in [1.54, 1.807) is 0 Å². The van der Waals surface area contributed by atoms with Crippen molar-refractivity contribution in [3.05, 3.63) is 0 Å². The lowest BCUT2D eigenvalue weighted by Crippen LogP contribution is -2.29. The molecule has 0 spiro atoms. The Labute approximate surface area is 68.3 Å². The first-order chi connectivity index (χ1) is 5.45. The molecule has 0 radical (unpaired) electrons. The highest BCUT2D eigenvalue weighted by Gasteiger charge is 2.27. The zero-order valence-corrected chi connectivity index (χ0v) is 6.47. The van der Waals surface area contributed by atoms with Gasteiger partial charge >= 0.3 is 6.18 Å². The fraction of sp³-hybridized carbons (Fsp3) is 1.00. The topological polar surface area (TPSA) is 55.5 Å². The number of halogens is 3. The van der Waals surface area contributed by atoms with Gasteiger partial charge in [-0.05, 0) is 6.42 Å². The van der Waals surface area contributed by atoms with Crippen LogP contribution in [0.3, 0.4) is 0 Å². The Bertz CT molecular complexity index is 118. The van der Waals surface area contributed by atoms with Gasteiger partial charge in [-0.25, -0.2) is 0 Å². The van der Waals surface area contributed by atoms with Crippen LogP contribution in [0.15, 0.2) is 0 Å². The number of nitrogens with two attached hydrogens (primary N) is 1. The van der Waals surface area contributed by atoms with Gasteiger partial charge in [0.05, 0.1) is 6.61 Å². The Balaban J connectivity index is 3.31. The summed E-state index contributed by atoms with van der Waals surface area (Å²) in [5, 5.41) is 8.34. The lowest BCUT2D eigenvalue weighted by Gasteiger charge is -2.11. The molecule has 0 aliphatic heterocycles. The minimum Gasteiger partial charge on any atom is -0.396 e. The van der Waals surface area contributed by atoms with Gasteiger partial charge in [-0.2, -0.15) is 13.2 Å². The van der Waals surface area contributed by atoms with Crippen molar-refractivity contribution in [2.24, 2.45) is 5.73 Å². The lowest BCUT2D eigenvalue weighted by molar-refractivity contribution is -0.174. The molecule has 0 fully saturated rings. The molecule has 0 heterocycles. The van der Waals surface area contributed by atoms with Gasteiger partial charge in [0.1, 0.15) is 6.61 Å². The number of hydrogen-bond acceptors (Lipinski definition) is 3. The molecular weight excluding hydrogens is 175 g/mol. The third kappa shape index (κ3) is 7.77. The van der Waals surface area contributed by atoms with E-state index in [0.717, 1.165) is 0 Å². The summed E-state index contributed by atoms with van der Waals surface area (Å²) in [5.74, 6) is 0. The van der Waals surface area contributed by atoms with Gasteiger partial charge in [-0.1, -0.05) is 0 Å². The lowest BCUT2D eigenvalue weighted by atomic mass is 10.2. The van der Waals surface area contributed by atoms with Crippen LogP contribution < -0.4 is 5.73 Å². The molecule has 3 N–H and O–H groups in total. The van der Waals surface area contributed by atoms with Crippen LogP contribution in [0.1, 0.15) is 6.42 Å². The maximum atomic E-state index is 11.5. The Hall–Kier alpha value is -0.330. The highest BCUT2D eigenvalue weighted by Crippen LogP contribution is 2.14. The fourth-order valence-electron chi connectivity index (χ4n) is 0.575. The van der Waals surface area contributed by atoms with Crippen molar-refractivity contribution in [2.45, 2.75) is 18.6 Å². The zero-order valence-electron chi connectivity index (χ0n) is 6.47. The molecule has 1 atom stereocenters. The zero-order chi connectivity index (χ0) is 9.61. The molecule has 6 heteroatoms. The summed E-state index contributed by atoms with van der Waals surface area (Å²) >= 11 is 0. The second kappa shape index (κ2) is 5.34. The number of aliphatic hydroxyl groups excluding tert-OH is 1. The van der Waals surface area contributed by atoms with Crippen LogP contribution >= 0.6 is 0 Å². The third-order valence-corrected chi connectivity index (χ3v) is 1.10. The van der Waals surface area contributed by atoms with E-state index in [0.29, 0.717) is 0 Å². The predicted octanol–water partition coefficient (Wildman–Crippen LogP) is 0.275. The predicted molar refractivity (Wildman–Crippen MR) is 36.6 cm³/mol. The van der Waals surface area contributed by atoms with Gasteiger partial charge in [-0.15, -0.1) is 0 Å². The summed E-state index contributed by atoms with van der Waals surface area (Å²) in [7, 11) is 0. The third-order valence-electron chi connectivity index (χ3n) is 1.10. The first kappa shape index (κ1) is 11.7. The monoisotopic (exact) mass is 187 g/mol. The van der Waals surface area contributed by atoms with Crippen LogP contribution in [-0.4, -0.2) is 37.1 Å². The average Bonchev–Trinajstić information content (AvgIpc) is 1.84. The Morgan fingerprint density at radius 1 is 1.42 bits per heavy atom. The van der Waals surface area contributed by atoms with Gasteiger partial charge in [-0.3, -0.25) is 0 Å². The van der Waals surface area contributed by atoms with E-state index in [1.807, 2.05) is 0 Å². The number of hydrogen-bond donors (Lipinski definition) is 2.